The van der Waals surface area contributed by atoms with Gasteiger partial charge < -0.3 is 4.90 Å². The van der Waals surface area contributed by atoms with Crippen molar-refractivity contribution in [2.45, 2.75) is 19.5 Å². The van der Waals surface area contributed by atoms with Gasteiger partial charge in [0.1, 0.15) is 17.1 Å². The van der Waals surface area contributed by atoms with Gasteiger partial charge in [0.2, 0.25) is 5.91 Å². The SMILES string of the molecule is C[C@H](c1ccc(F)cc1)N(C)C(=O)Cn1cnc2ccsc2c1=O. The molecule has 3 aromatic rings. The molecular weight excluding hydrogens is 329 g/mol. The highest BCUT2D eigenvalue weighted by Crippen LogP contribution is 2.19. The molecule has 0 spiro atoms. The van der Waals surface area contributed by atoms with E-state index in [1.54, 1.807) is 30.6 Å². The van der Waals surface area contributed by atoms with Gasteiger partial charge in [0.15, 0.2) is 0 Å². The number of amides is 1. The topological polar surface area (TPSA) is 55.2 Å². The average Bonchev–Trinajstić information content (AvgIpc) is 3.06. The molecule has 0 aliphatic rings. The van der Waals surface area contributed by atoms with Crippen molar-refractivity contribution in [1.82, 2.24) is 14.5 Å². The molecular formula is C17H16FN3O2S. The van der Waals surface area contributed by atoms with Crippen LogP contribution in [0.2, 0.25) is 0 Å². The largest absolute Gasteiger partial charge is 0.337 e. The molecule has 1 aromatic carbocycles. The highest BCUT2D eigenvalue weighted by molar-refractivity contribution is 7.17. The van der Waals surface area contributed by atoms with E-state index < -0.39 is 0 Å². The van der Waals surface area contributed by atoms with Crippen LogP contribution in [0.4, 0.5) is 4.39 Å². The van der Waals surface area contributed by atoms with Crippen molar-refractivity contribution in [2.75, 3.05) is 7.05 Å². The van der Waals surface area contributed by atoms with Gasteiger partial charge in [0.05, 0.1) is 17.9 Å². The zero-order valence-corrected chi connectivity index (χ0v) is 14.1. The molecule has 7 heteroatoms. The number of rotatable bonds is 4. The van der Waals surface area contributed by atoms with Gasteiger partial charge >= 0.3 is 0 Å². The molecule has 0 aliphatic carbocycles. The molecule has 1 atom stereocenters. The van der Waals surface area contributed by atoms with Crippen LogP contribution >= 0.6 is 11.3 Å². The number of fused-ring (bicyclic) bond motifs is 1. The van der Waals surface area contributed by atoms with Crippen molar-refractivity contribution in [3.05, 3.63) is 63.8 Å². The van der Waals surface area contributed by atoms with E-state index >= 15 is 0 Å². The van der Waals surface area contributed by atoms with E-state index in [2.05, 4.69) is 4.98 Å². The second kappa shape index (κ2) is 6.52. The monoisotopic (exact) mass is 345 g/mol. The predicted octanol–water partition coefficient (Wildman–Crippen LogP) is 2.82. The Bertz CT molecular complexity index is 933. The summed E-state index contributed by atoms with van der Waals surface area (Å²) < 4.78 is 14.9. The minimum atomic E-state index is -0.318. The minimum Gasteiger partial charge on any atom is -0.337 e. The van der Waals surface area contributed by atoms with Gasteiger partial charge in [0, 0.05) is 7.05 Å². The average molecular weight is 345 g/mol. The molecule has 0 saturated heterocycles. The van der Waals surface area contributed by atoms with Crippen LogP contribution < -0.4 is 5.56 Å². The first kappa shape index (κ1) is 16.3. The van der Waals surface area contributed by atoms with E-state index in [0.717, 1.165) is 5.56 Å². The van der Waals surface area contributed by atoms with Crippen LogP contribution in [-0.4, -0.2) is 27.4 Å². The smallest absolute Gasteiger partial charge is 0.271 e. The van der Waals surface area contributed by atoms with Crippen LogP contribution in [0, 0.1) is 5.82 Å². The van der Waals surface area contributed by atoms with Crippen LogP contribution in [-0.2, 0) is 11.3 Å². The molecule has 124 valence electrons. The number of likely N-dealkylation sites (N-methyl/N-ethyl adjacent to an activating group) is 1. The Kier molecular flexibility index (Phi) is 4.44. The Labute approximate surface area is 142 Å². The third kappa shape index (κ3) is 3.07. The lowest BCUT2D eigenvalue weighted by molar-refractivity contribution is -0.132. The Balaban J connectivity index is 1.79. The fourth-order valence-corrected chi connectivity index (χ4v) is 3.22. The van der Waals surface area contributed by atoms with Crippen molar-refractivity contribution in [2.24, 2.45) is 0 Å². The summed E-state index contributed by atoms with van der Waals surface area (Å²) in [6.07, 6.45) is 1.39. The summed E-state index contributed by atoms with van der Waals surface area (Å²) in [5.41, 5.74) is 1.25. The number of hydrogen-bond donors (Lipinski definition) is 0. The van der Waals surface area contributed by atoms with E-state index in [1.807, 2.05) is 6.92 Å². The zero-order chi connectivity index (χ0) is 17.3. The summed E-state index contributed by atoms with van der Waals surface area (Å²) in [6.45, 7) is 1.77. The molecule has 0 N–H and O–H groups in total. The second-order valence-corrected chi connectivity index (χ2v) is 6.46. The van der Waals surface area contributed by atoms with Gasteiger partial charge in [-0.25, -0.2) is 9.37 Å². The maximum absolute atomic E-state index is 13.0. The maximum atomic E-state index is 13.0. The Hall–Kier alpha value is -2.54. The normalized spacial score (nSPS) is 12.3. The molecule has 3 rings (SSSR count). The number of thiophene rings is 1. The number of carbonyl (C=O) groups is 1. The lowest BCUT2D eigenvalue weighted by Crippen LogP contribution is -2.35. The number of carbonyl (C=O) groups excluding carboxylic acids is 1. The maximum Gasteiger partial charge on any atom is 0.271 e. The second-order valence-electron chi connectivity index (χ2n) is 5.54. The summed E-state index contributed by atoms with van der Waals surface area (Å²) in [6, 6.07) is 7.57. The van der Waals surface area contributed by atoms with Gasteiger partial charge in [-0.1, -0.05) is 12.1 Å². The van der Waals surface area contributed by atoms with Crippen molar-refractivity contribution in [1.29, 1.82) is 0 Å². The predicted molar refractivity (Wildman–Crippen MR) is 91.5 cm³/mol. The summed E-state index contributed by atoms with van der Waals surface area (Å²) in [7, 11) is 1.67. The molecule has 0 radical (unpaired) electrons. The van der Waals surface area contributed by atoms with Crippen LogP contribution in [0.1, 0.15) is 18.5 Å². The fourth-order valence-electron chi connectivity index (χ4n) is 2.43. The molecule has 24 heavy (non-hydrogen) atoms. The first-order valence-corrected chi connectivity index (χ1v) is 8.29. The molecule has 0 bridgehead atoms. The van der Waals surface area contributed by atoms with E-state index in [9.17, 15) is 14.0 Å². The highest BCUT2D eigenvalue weighted by Gasteiger charge is 2.18. The molecule has 0 unspecified atom stereocenters. The van der Waals surface area contributed by atoms with Crippen LogP contribution in [0.5, 0.6) is 0 Å². The van der Waals surface area contributed by atoms with Crippen LogP contribution in [0.15, 0.2) is 46.8 Å². The first-order chi connectivity index (χ1) is 11.5. The van der Waals surface area contributed by atoms with Crippen molar-refractivity contribution in [3.63, 3.8) is 0 Å². The molecule has 2 aromatic heterocycles. The van der Waals surface area contributed by atoms with E-state index in [-0.39, 0.29) is 29.9 Å². The summed E-state index contributed by atoms with van der Waals surface area (Å²) in [5.74, 6) is -0.534. The molecule has 5 nitrogen and oxygen atoms in total. The number of halogens is 1. The number of nitrogens with zero attached hydrogens (tertiary/aromatic N) is 3. The van der Waals surface area contributed by atoms with Crippen molar-refractivity contribution >= 4 is 27.5 Å². The Morgan fingerprint density at radius 2 is 2.04 bits per heavy atom. The van der Waals surface area contributed by atoms with Gasteiger partial charge in [-0.2, -0.15) is 0 Å². The van der Waals surface area contributed by atoms with Crippen LogP contribution in [0.25, 0.3) is 10.2 Å². The third-order valence-corrected chi connectivity index (χ3v) is 4.96. The molecule has 0 saturated carbocycles. The van der Waals surface area contributed by atoms with E-state index in [4.69, 9.17) is 0 Å². The summed E-state index contributed by atoms with van der Waals surface area (Å²) >= 11 is 1.31. The molecule has 1 amide bonds. The third-order valence-electron chi connectivity index (χ3n) is 4.07. The highest BCUT2D eigenvalue weighted by atomic mass is 32.1. The number of aromatic nitrogens is 2. The van der Waals surface area contributed by atoms with E-state index in [1.165, 1.54) is 39.3 Å². The van der Waals surface area contributed by atoms with Gasteiger partial charge in [0.25, 0.3) is 5.56 Å². The number of benzene rings is 1. The molecule has 0 aliphatic heterocycles. The van der Waals surface area contributed by atoms with E-state index in [0.29, 0.717) is 10.2 Å². The van der Waals surface area contributed by atoms with Gasteiger partial charge in [-0.3, -0.25) is 14.2 Å². The quantitative estimate of drug-likeness (QED) is 0.731. The van der Waals surface area contributed by atoms with Crippen molar-refractivity contribution < 1.29 is 9.18 Å². The summed E-state index contributed by atoms with van der Waals surface area (Å²) in [4.78, 5) is 30.6. The first-order valence-electron chi connectivity index (χ1n) is 7.41. The van der Waals surface area contributed by atoms with Gasteiger partial charge in [-0.05, 0) is 36.1 Å². The molecule has 2 heterocycles. The summed E-state index contributed by atoms with van der Waals surface area (Å²) in [5, 5.41) is 1.80. The Morgan fingerprint density at radius 3 is 2.75 bits per heavy atom. The lowest BCUT2D eigenvalue weighted by Gasteiger charge is -2.25. The van der Waals surface area contributed by atoms with Gasteiger partial charge in [-0.15, -0.1) is 11.3 Å². The van der Waals surface area contributed by atoms with Crippen molar-refractivity contribution in [3.8, 4) is 0 Å². The zero-order valence-electron chi connectivity index (χ0n) is 13.3. The lowest BCUT2D eigenvalue weighted by atomic mass is 10.1. The molecule has 0 fully saturated rings. The number of hydrogen-bond acceptors (Lipinski definition) is 4. The van der Waals surface area contributed by atoms with Crippen LogP contribution in [0.3, 0.4) is 0 Å². The minimum absolute atomic E-state index is 0.0816. The Morgan fingerprint density at radius 1 is 1.33 bits per heavy atom. The fraction of sp³-hybridized carbons (Fsp3) is 0.235. The standard InChI is InChI=1S/C17H16FN3O2S/c1-11(12-3-5-13(18)6-4-12)20(2)15(22)9-21-10-19-14-7-8-24-16(14)17(21)23/h3-8,10-11H,9H2,1-2H3/t11-/m1/s1.